The minimum absolute atomic E-state index is 0.871. The van der Waals surface area contributed by atoms with Crippen LogP contribution in [0.5, 0.6) is 0 Å². The summed E-state index contributed by atoms with van der Waals surface area (Å²) in [6, 6.07) is 0.871. The van der Waals surface area contributed by atoms with E-state index in [1.54, 1.807) is 0 Å². The molecule has 0 amide bonds. The first-order valence-electron chi connectivity index (χ1n) is 7.23. The Labute approximate surface area is 118 Å². The summed E-state index contributed by atoms with van der Waals surface area (Å²) < 4.78 is 0. The van der Waals surface area contributed by atoms with Crippen molar-refractivity contribution >= 4 is 24.4 Å². The Balaban J connectivity index is 1.83. The van der Waals surface area contributed by atoms with Gasteiger partial charge in [-0.25, -0.2) is 0 Å². The summed E-state index contributed by atoms with van der Waals surface area (Å²) in [4.78, 5) is 2.58. The van der Waals surface area contributed by atoms with Gasteiger partial charge in [0.25, 0.3) is 0 Å². The zero-order valence-corrected chi connectivity index (χ0v) is 13.1. The van der Waals surface area contributed by atoms with Crippen LogP contribution >= 0.6 is 24.4 Å². The molecule has 0 aromatic rings. The highest BCUT2D eigenvalue weighted by Gasteiger charge is 2.18. The lowest BCUT2D eigenvalue weighted by atomic mass is 10.1. The third-order valence-corrected chi connectivity index (χ3v) is 5.16. The number of thioether (sulfide) groups is 1. The Hall–Kier alpha value is 0.660. The normalized spacial score (nSPS) is 20.3. The van der Waals surface area contributed by atoms with E-state index in [-0.39, 0.29) is 0 Å². The maximum atomic E-state index is 4.24. The van der Waals surface area contributed by atoms with Crippen LogP contribution in [0.3, 0.4) is 0 Å². The fourth-order valence-corrected chi connectivity index (χ4v) is 3.93. The molecule has 1 unspecified atom stereocenters. The van der Waals surface area contributed by atoms with Crippen LogP contribution < -0.4 is 0 Å². The SMILES string of the molecule is CN(CCCCCCCCCS)C1CCSC1. The van der Waals surface area contributed by atoms with Gasteiger partial charge in [-0.15, -0.1) is 0 Å². The molecule has 0 spiro atoms. The maximum absolute atomic E-state index is 4.24. The van der Waals surface area contributed by atoms with E-state index in [1.165, 1.54) is 69.4 Å². The van der Waals surface area contributed by atoms with E-state index in [9.17, 15) is 0 Å². The lowest BCUT2D eigenvalue weighted by Gasteiger charge is -2.23. The Morgan fingerprint density at radius 1 is 1.06 bits per heavy atom. The van der Waals surface area contributed by atoms with Crippen molar-refractivity contribution in [1.29, 1.82) is 0 Å². The number of thiol groups is 1. The van der Waals surface area contributed by atoms with Crippen molar-refractivity contribution in [2.24, 2.45) is 0 Å². The first-order chi connectivity index (χ1) is 8.34. The lowest BCUT2D eigenvalue weighted by molar-refractivity contribution is 0.256. The van der Waals surface area contributed by atoms with Crippen LogP contribution in [0, 0.1) is 0 Å². The largest absolute Gasteiger partial charge is 0.303 e. The van der Waals surface area contributed by atoms with Crippen molar-refractivity contribution < 1.29 is 0 Å². The average molecular weight is 276 g/mol. The zero-order valence-electron chi connectivity index (χ0n) is 11.4. The van der Waals surface area contributed by atoms with Crippen molar-refractivity contribution in [3.05, 3.63) is 0 Å². The molecule has 1 aliphatic heterocycles. The van der Waals surface area contributed by atoms with Crippen LogP contribution in [0.4, 0.5) is 0 Å². The van der Waals surface area contributed by atoms with E-state index < -0.39 is 0 Å². The molecule has 1 aliphatic rings. The van der Waals surface area contributed by atoms with Crippen LogP contribution in [0.15, 0.2) is 0 Å². The summed E-state index contributed by atoms with van der Waals surface area (Å²) in [5.41, 5.74) is 0. The Kier molecular flexibility index (Phi) is 9.77. The number of rotatable bonds is 10. The monoisotopic (exact) mass is 275 g/mol. The van der Waals surface area contributed by atoms with Crippen LogP contribution in [0.1, 0.15) is 51.4 Å². The Bertz CT molecular complexity index is 170. The van der Waals surface area contributed by atoms with Gasteiger partial charge in [-0.3, -0.25) is 0 Å². The van der Waals surface area contributed by atoms with Crippen LogP contribution in [-0.2, 0) is 0 Å². The molecule has 1 heterocycles. The second-order valence-electron chi connectivity index (χ2n) is 5.20. The summed E-state index contributed by atoms with van der Waals surface area (Å²) in [6.45, 7) is 1.31. The smallest absolute Gasteiger partial charge is 0.0191 e. The van der Waals surface area contributed by atoms with Gasteiger partial charge in [0.1, 0.15) is 0 Å². The predicted molar refractivity (Wildman–Crippen MR) is 84.5 cm³/mol. The molecule has 1 atom stereocenters. The summed E-state index contributed by atoms with van der Waals surface area (Å²) >= 11 is 6.35. The molecule has 0 aromatic heterocycles. The van der Waals surface area contributed by atoms with E-state index >= 15 is 0 Å². The molecule has 102 valence electrons. The van der Waals surface area contributed by atoms with E-state index in [4.69, 9.17) is 0 Å². The van der Waals surface area contributed by atoms with Gasteiger partial charge in [0.15, 0.2) is 0 Å². The number of hydrogen-bond donors (Lipinski definition) is 1. The topological polar surface area (TPSA) is 3.24 Å². The van der Waals surface area contributed by atoms with Crippen LogP contribution in [0.25, 0.3) is 0 Å². The molecule has 1 saturated heterocycles. The average Bonchev–Trinajstić information content (AvgIpc) is 2.86. The third-order valence-electron chi connectivity index (χ3n) is 3.70. The molecular weight excluding hydrogens is 246 g/mol. The fraction of sp³-hybridized carbons (Fsp3) is 1.00. The second kappa shape index (κ2) is 10.6. The van der Waals surface area contributed by atoms with Crippen LogP contribution in [-0.4, -0.2) is 41.8 Å². The predicted octanol–water partition coefficient (Wildman–Crippen LogP) is 4.08. The molecule has 17 heavy (non-hydrogen) atoms. The zero-order chi connectivity index (χ0) is 12.3. The molecule has 1 rings (SSSR count). The van der Waals surface area contributed by atoms with E-state index in [2.05, 4.69) is 36.3 Å². The molecule has 0 aliphatic carbocycles. The van der Waals surface area contributed by atoms with Gasteiger partial charge in [0.2, 0.25) is 0 Å². The fourth-order valence-electron chi connectivity index (χ4n) is 2.41. The lowest BCUT2D eigenvalue weighted by Crippen LogP contribution is -2.32. The highest BCUT2D eigenvalue weighted by Crippen LogP contribution is 2.21. The molecule has 1 nitrogen and oxygen atoms in total. The standard InChI is InChI=1S/C14H29NS2/c1-15(14-9-12-17-13-14)10-7-5-3-2-4-6-8-11-16/h14,16H,2-13H2,1H3. The van der Waals surface area contributed by atoms with E-state index in [1.807, 2.05) is 0 Å². The second-order valence-corrected chi connectivity index (χ2v) is 6.79. The molecule has 0 bridgehead atoms. The quantitative estimate of drug-likeness (QED) is 0.472. The van der Waals surface area contributed by atoms with Crippen molar-refractivity contribution in [2.75, 3.05) is 30.9 Å². The molecular formula is C14H29NS2. The molecule has 3 heteroatoms. The van der Waals surface area contributed by atoms with Gasteiger partial charge in [-0.05, 0) is 44.4 Å². The minimum atomic E-state index is 0.871. The molecule has 0 saturated carbocycles. The number of nitrogens with zero attached hydrogens (tertiary/aromatic N) is 1. The summed E-state index contributed by atoms with van der Waals surface area (Å²) in [7, 11) is 2.31. The first-order valence-corrected chi connectivity index (χ1v) is 9.02. The number of unbranched alkanes of at least 4 members (excludes halogenated alkanes) is 6. The van der Waals surface area contributed by atoms with Gasteiger partial charge in [0.05, 0.1) is 0 Å². The number of hydrogen-bond acceptors (Lipinski definition) is 3. The van der Waals surface area contributed by atoms with Gasteiger partial charge in [-0.2, -0.15) is 24.4 Å². The van der Waals surface area contributed by atoms with E-state index in [0.717, 1.165) is 11.8 Å². The first kappa shape index (κ1) is 15.7. The molecule has 0 N–H and O–H groups in total. The minimum Gasteiger partial charge on any atom is -0.303 e. The van der Waals surface area contributed by atoms with Gasteiger partial charge in [0, 0.05) is 11.8 Å². The molecule has 0 radical (unpaired) electrons. The Morgan fingerprint density at radius 3 is 2.29 bits per heavy atom. The van der Waals surface area contributed by atoms with Crippen molar-refractivity contribution in [1.82, 2.24) is 4.90 Å². The van der Waals surface area contributed by atoms with Crippen molar-refractivity contribution in [3.63, 3.8) is 0 Å². The highest BCUT2D eigenvalue weighted by molar-refractivity contribution is 7.99. The van der Waals surface area contributed by atoms with Crippen molar-refractivity contribution in [3.8, 4) is 0 Å². The summed E-state index contributed by atoms with van der Waals surface area (Å²) in [5, 5.41) is 0. The van der Waals surface area contributed by atoms with Gasteiger partial charge in [-0.1, -0.05) is 32.1 Å². The maximum Gasteiger partial charge on any atom is 0.0191 e. The summed E-state index contributed by atoms with van der Waals surface area (Å²) in [5.74, 6) is 3.80. The van der Waals surface area contributed by atoms with Crippen LogP contribution in [0.2, 0.25) is 0 Å². The van der Waals surface area contributed by atoms with Crippen molar-refractivity contribution in [2.45, 2.75) is 57.4 Å². The Morgan fingerprint density at radius 2 is 1.71 bits per heavy atom. The van der Waals surface area contributed by atoms with E-state index in [0.29, 0.717) is 0 Å². The molecule has 1 fully saturated rings. The summed E-state index contributed by atoms with van der Waals surface area (Å²) in [6.07, 6.45) is 11.2. The van der Waals surface area contributed by atoms with Gasteiger partial charge >= 0.3 is 0 Å². The third kappa shape index (κ3) is 7.63. The molecule has 0 aromatic carbocycles. The highest BCUT2D eigenvalue weighted by atomic mass is 32.2. The van der Waals surface area contributed by atoms with Gasteiger partial charge < -0.3 is 4.90 Å².